The summed E-state index contributed by atoms with van der Waals surface area (Å²) in [5.74, 6) is 1.02. The van der Waals surface area contributed by atoms with Crippen LogP contribution in [0.4, 0.5) is 0 Å². The number of amides is 2. The van der Waals surface area contributed by atoms with Gasteiger partial charge in [0.2, 0.25) is 11.8 Å². The maximum atomic E-state index is 11.6. The minimum absolute atomic E-state index is 0.0769. The zero-order valence-electron chi connectivity index (χ0n) is 11.6. The molecular weight excluding hydrogens is 242 g/mol. The second-order valence-electron chi connectivity index (χ2n) is 5.10. The average Bonchev–Trinajstić information content (AvgIpc) is 2.70. The van der Waals surface area contributed by atoms with Crippen LogP contribution in [0.15, 0.2) is 18.2 Å². The summed E-state index contributed by atoms with van der Waals surface area (Å²) in [6.45, 7) is 4.54. The quantitative estimate of drug-likeness (QED) is 0.782. The van der Waals surface area contributed by atoms with E-state index < -0.39 is 0 Å². The van der Waals surface area contributed by atoms with Gasteiger partial charge in [-0.3, -0.25) is 14.5 Å². The minimum atomic E-state index is -0.0769. The van der Waals surface area contributed by atoms with Crippen molar-refractivity contribution in [3.63, 3.8) is 0 Å². The van der Waals surface area contributed by atoms with Crippen LogP contribution in [0.25, 0.3) is 0 Å². The Morgan fingerprint density at radius 2 is 1.84 bits per heavy atom. The van der Waals surface area contributed by atoms with E-state index >= 15 is 0 Å². The molecule has 1 aliphatic heterocycles. The molecule has 102 valence electrons. The predicted molar refractivity (Wildman–Crippen MR) is 71.9 cm³/mol. The van der Waals surface area contributed by atoms with E-state index in [2.05, 4.69) is 13.8 Å². The number of nitrogens with zero attached hydrogens (tertiary/aromatic N) is 1. The fourth-order valence-corrected chi connectivity index (χ4v) is 2.32. The molecule has 4 nitrogen and oxygen atoms in total. The summed E-state index contributed by atoms with van der Waals surface area (Å²) in [5, 5.41) is 0. The number of imide groups is 1. The molecule has 0 atom stereocenters. The van der Waals surface area contributed by atoms with Crippen molar-refractivity contribution >= 4 is 11.8 Å². The lowest BCUT2D eigenvalue weighted by atomic mass is 9.99. The van der Waals surface area contributed by atoms with Gasteiger partial charge >= 0.3 is 0 Å². The Balaban J connectivity index is 2.24. The molecule has 1 aromatic carbocycles. The maximum Gasteiger partial charge on any atom is 0.229 e. The third-order valence-corrected chi connectivity index (χ3v) is 3.41. The Morgan fingerprint density at radius 1 is 1.21 bits per heavy atom. The van der Waals surface area contributed by atoms with Crippen molar-refractivity contribution in [3.05, 3.63) is 29.3 Å². The average molecular weight is 261 g/mol. The first-order valence-corrected chi connectivity index (χ1v) is 6.53. The minimum Gasteiger partial charge on any atom is -0.496 e. The van der Waals surface area contributed by atoms with E-state index in [4.69, 9.17) is 4.74 Å². The molecule has 0 N–H and O–H groups in total. The molecule has 0 bridgehead atoms. The summed E-state index contributed by atoms with van der Waals surface area (Å²) in [6, 6.07) is 5.82. The van der Waals surface area contributed by atoms with E-state index in [1.807, 2.05) is 18.2 Å². The van der Waals surface area contributed by atoms with Crippen LogP contribution < -0.4 is 4.74 Å². The molecule has 4 heteroatoms. The number of ether oxygens (including phenoxy) is 1. The van der Waals surface area contributed by atoms with Crippen molar-refractivity contribution in [3.8, 4) is 5.75 Å². The Hall–Kier alpha value is -1.84. The van der Waals surface area contributed by atoms with Gasteiger partial charge in [0.05, 0.1) is 13.7 Å². The zero-order chi connectivity index (χ0) is 14.0. The highest BCUT2D eigenvalue weighted by atomic mass is 16.5. The van der Waals surface area contributed by atoms with Crippen molar-refractivity contribution < 1.29 is 14.3 Å². The number of carbonyl (C=O) groups excluding carboxylic acids is 2. The second-order valence-corrected chi connectivity index (χ2v) is 5.10. The smallest absolute Gasteiger partial charge is 0.229 e. The molecule has 0 radical (unpaired) electrons. The standard InChI is InChI=1S/C15H19NO3/c1-10(2)12-8-11(4-5-13(12)19-3)9-16-14(17)6-7-15(16)18/h4-5,8,10H,6-7,9H2,1-3H3. The van der Waals surface area contributed by atoms with Gasteiger partial charge in [0, 0.05) is 12.8 Å². The van der Waals surface area contributed by atoms with E-state index in [1.165, 1.54) is 4.90 Å². The normalized spacial score (nSPS) is 15.5. The largest absolute Gasteiger partial charge is 0.496 e. The fourth-order valence-electron chi connectivity index (χ4n) is 2.32. The molecular formula is C15H19NO3. The highest BCUT2D eigenvalue weighted by molar-refractivity contribution is 6.01. The molecule has 0 saturated carbocycles. The first-order chi connectivity index (χ1) is 9.02. The summed E-state index contributed by atoms with van der Waals surface area (Å²) in [5.41, 5.74) is 2.06. The molecule has 2 rings (SSSR count). The van der Waals surface area contributed by atoms with Crippen molar-refractivity contribution in [2.75, 3.05) is 7.11 Å². The summed E-state index contributed by atoms with van der Waals surface area (Å²) < 4.78 is 5.33. The van der Waals surface area contributed by atoms with Gasteiger partial charge in [-0.05, 0) is 23.1 Å². The van der Waals surface area contributed by atoms with Gasteiger partial charge in [-0.15, -0.1) is 0 Å². The first-order valence-electron chi connectivity index (χ1n) is 6.53. The molecule has 0 unspecified atom stereocenters. The van der Waals surface area contributed by atoms with Crippen LogP contribution in [-0.4, -0.2) is 23.8 Å². The van der Waals surface area contributed by atoms with Crippen LogP contribution in [0, 0.1) is 0 Å². The lowest BCUT2D eigenvalue weighted by Gasteiger charge is -2.17. The summed E-state index contributed by atoms with van der Waals surface area (Å²) in [4.78, 5) is 24.6. The monoisotopic (exact) mass is 261 g/mol. The van der Waals surface area contributed by atoms with E-state index in [1.54, 1.807) is 7.11 Å². The van der Waals surface area contributed by atoms with Gasteiger partial charge < -0.3 is 4.74 Å². The van der Waals surface area contributed by atoms with Crippen molar-refractivity contribution in [2.24, 2.45) is 0 Å². The van der Waals surface area contributed by atoms with Gasteiger partial charge in [0.1, 0.15) is 5.75 Å². The van der Waals surface area contributed by atoms with Crippen molar-refractivity contribution in [1.82, 2.24) is 4.90 Å². The summed E-state index contributed by atoms with van der Waals surface area (Å²) >= 11 is 0. The Kier molecular flexibility index (Phi) is 3.88. The van der Waals surface area contributed by atoms with Gasteiger partial charge in [-0.25, -0.2) is 0 Å². The van der Waals surface area contributed by atoms with E-state index in [9.17, 15) is 9.59 Å². The van der Waals surface area contributed by atoms with Crippen LogP contribution in [0.1, 0.15) is 43.7 Å². The highest BCUT2D eigenvalue weighted by Crippen LogP contribution is 2.28. The second kappa shape index (κ2) is 5.43. The Labute approximate surface area is 113 Å². The van der Waals surface area contributed by atoms with Crippen LogP contribution in [0.3, 0.4) is 0 Å². The lowest BCUT2D eigenvalue weighted by molar-refractivity contribution is -0.139. The van der Waals surface area contributed by atoms with Crippen molar-refractivity contribution in [1.29, 1.82) is 0 Å². The Morgan fingerprint density at radius 3 is 2.37 bits per heavy atom. The van der Waals surface area contributed by atoms with Gasteiger partial charge in [0.15, 0.2) is 0 Å². The van der Waals surface area contributed by atoms with Gasteiger partial charge in [-0.2, -0.15) is 0 Å². The first kappa shape index (κ1) is 13.6. The summed E-state index contributed by atoms with van der Waals surface area (Å²) in [6.07, 6.45) is 0.679. The topological polar surface area (TPSA) is 46.6 Å². The molecule has 1 aromatic rings. The molecule has 0 aliphatic carbocycles. The van der Waals surface area contributed by atoms with Crippen LogP contribution in [0.2, 0.25) is 0 Å². The lowest BCUT2D eigenvalue weighted by Crippen LogP contribution is -2.28. The third-order valence-electron chi connectivity index (χ3n) is 3.41. The number of hydrogen-bond donors (Lipinski definition) is 0. The molecule has 1 saturated heterocycles. The number of likely N-dealkylation sites (tertiary alicyclic amines) is 1. The molecule has 1 heterocycles. The molecule has 0 aromatic heterocycles. The van der Waals surface area contributed by atoms with E-state index in [0.29, 0.717) is 25.3 Å². The molecule has 2 amide bonds. The Bertz CT molecular complexity index is 492. The third kappa shape index (κ3) is 2.78. The van der Waals surface area contributed by atoms with Crippen molar-refractivity contribution in [2.45, 2.75) is 39.2 Å². The fraction of sp³-hybridized carbons (Fsp3) is 0.467. The predicted octanol–water partition coefficient (Wildman–Crippen LogP) is 2.47. The van der Waals surface area contributed by atoms with Crippen LogP contribution in [-0.2, 0) is 16.1 Å². The summed E-state index contributed by atoms with van der Waals surface area (Å²) in [7, 11) is 1.65. The number of rotatable bonds is 4. The molecule has 1 fully saturated rings. The highest BCUT2D eigenvalue weighted by Gasteiger charge is 2.28. The molecule has 0 spiro atoms. The number of methoxy groups -OCH3 is 1. The van der Waals surface area contributed by atoms with E-state index in [0.717, 1.165) is 16.9 Å². The van der Waals surface area contributed by atoms with E-state index in [-0.39, 0.29) is 11.8 Å². The molecule has 1 aliphatic rings. The number of hydrogen-bond acceptors (Lipinski definition) is 3. The van der Waals surface area contributed by atoms with Gasteiger partial charge in [0.25, 0.3) is 0 Å². The van der Waals surface area contributed by atoms with Gasteiger partial charge in [-0.1, -0.05) is 26.0 Å². The van der Waals surface area contributed by atoms with Crippen LogP contribution >= 0.6 is 0 Å². The number of carbonyl (C=O) groups is 2. The number of benzene rings is 1. The maximum absolute atomic E-state index is 11.6. The molecule has 19 heavy (non-hydrogen) atoms. The zero-order valence-corrected chi connectivity index (χ0v) is 11.6. The SMILES string of the molecule is COc1ccc(CN2C(=O)CCC2=O)cc1C(C)C. The van der Waals surface area contributed by atoms with Crippen LogP contribution in [0.5, 0.6) is 5.75 Å².